The molecular weight excluding hydrogens is 440 g/mol. The molecule has 0 unspecified atom stereocenters. The number of nitrogens with zero attached hydrogens (tertiary/aromatic N) is 1. The molecule has 0 heterocycles. The zero-order valence-corrected chi connectivity index (χ0v) is 20.2. The molecule has 3 rings (SSSR count). The second kappa shape index (κ2) is 9.95. The summed E-state index contributed by atoms with van der Waals surface area (Å²) in [6, 6.07) is 16.6. The standard InChI is InChI=1S/C25H28N2O5S/c1-17-14-18(2)25(19(3)15-17)26-24(28)16-27(22-8-6-7-9-23(22)32-5)33(29,30)21-12-10-20(31-4)11-13-21/h6-15H,16H2,1-5H3,(H,26,28). The summed E-state index contributed by atoms with van der Waals surface area (Å²) in [4.78, 5) is 13.1. The highest BCUT2D eigenvalue weighted by atomic mass is 32.2. The van der Waals surface area contributed by atoms with E-state index in [0.717, 1.165) is 21.0 Å². The Bertz CT molecular complexity index is 1230. The summed E-state index contributed by atoms with van der Waals surface area (Å²) in [6.45, 7) is 5.36. The number of ether oxygens (including phenoxy) is 2. The maximum absolute atomic E-state index is 13.6. The molecule has 1 N–H and O–H groups in total. The minimum atomic E-state index is -4.09. The van der Waals surface area contributed by atoms with E-state index >= 15 is 0 Å². The number of carbonyl (C=O) groups excluding carboxylic acids is 1. The van der Waals surface area contributed by atoms with Crippen LogP contribution in [0.1, 0.15) is 16.7 Å². The molecule has 0 saturated carbocycles. The highest BCUT2D eigenvalue weighted by molar-refractivity contribution is 7.92. The van der Waals surface area contributed by atoms with Gasteiger partial charge in [0.25, 0.3) is 10.0 Å². The van der Waals surface area contributed by atoms with Crippen molar-refractivity contribution in [1.29, 1.82) is 0 Å². The summed E-state index contributed by atoms with van der Waals surface area (Å²) in [7, 11) is -1.13. The lowest BCUT2D eigenvalue weighted by Crippen LogP contribution is -2.38. The van der Waals surface area contributed by atoms with E-state index in [1.54, 1.807) is 36.4 Å². The fourth-order valence-electron chi connectivity index (χ4n) is 3.70. The summed E-state index contributed by atoms with van der Waals surface area (Å²) in [5.74, 6) is 0.402. The topological polar surface area (TPSA) is 84.9 Å². The number of sulfonamides is 1. The van der Waals surface area contributed by atoms with Gasteiger partial charge < -0.3 is 14.8 Å². The Labute approximate surface area is 195 Å². The number of anilines is 2. The number of nitrogens with one attached hydrogen (secondary N) is 1. The number of hydrogen-bond donors (Lipinski definition) is 1. The number of hydrogen-bond acceptors (Lipinski definition) is 5. The molecule has 0 aliphatic carbocycles. The molecule has 0 aromatic heterocycles. The number of methoxy groups -OCH3 is 2. The Kier molecular flexibility index (Phi) is 7.28. The Morgan fingerprint density at radius 1 is 0.909 bits per heavy atom. The van der Waals surface area contributed by atoms with Gasteiger partial charge in [0.2, 0.25) is 5.91 Å². The van der Waals surface area contributed by atoms with Crippen LogP contribution < -0.4 is 19.1 Å². The van der Waals surface area contributed by atoms with Crippen LogP contribution in [-0.2, 0) is 14.8 Å². The van der Waals surface area contributed by atoms with Crippen molar-refractivity contribution in [3.05, 3.63) is 77.4 Å². The number of para-hydroxylation sites is 2. The average molecular weight is 469 g/mol. The molecule has 3 aromatic rings. The van der Waals surface area contributed by atoms with Gasteiger partial charge in [-0.25, -0.2) is 8.42 Å². The third kappa shape index (κ3) is 5.28. The highest BCUT2D eigenvalue weighted by Crippen LogP contribution is 2.33. The Balaban J connectivity index is 2.01. The van der Waals surface area contributed by atoms with E-state index in [9.17, 15) is 13.2 Å². The van der Waals surface area contributed by atoms with Gasteiger partial charge in [0.05, 0.1) is 24.8 Å². The minimum absolute atomic E-state index is 0.0321. The van der Waals surface area contributed by atoms with E-state index in [4.69, 9.17) is 9.47 Å². The second-order valence-corrected chi connectivity index (χ2v) is 9.54. The first kappa shape index (κ1) is 24.1. The zero-order chi connectivity index (χ0) is 24.2. The summed E-state index contributed by atoms with van der Waals surface area (Å²) in [5, 5.41) is 2.88. The van der Waals surface area contributed by atoms with Crippen molar-refractivity contribution in [2.45, 2.75) is 25.7 Å². The van der Waals surface area contributed by atoms with Gasteiger partial charge in [-0.3, -0.25) is 9.10 Å². The summed E-state index contributed by atoms with van der Waals surface area (Å²) < 4.78 is 38.8. The number of benzene rings is 3. The lowest BCUT2D eigenvalue weighted by atomic mass is 10.1. The van der Waals surface area contributed by atoms with Crippen molar-refractivity contribution < 1.29 is 22.7 Å². The molecule has 0 aliphatic heterocycles. The van der Waals surface area contributed by atoms with Crippen molar-refractivity contribution in [3.63, 3.8) is 0 Å². The van der Waals surface area contributed by atoms with Gasteiger partial charge in [0.1, 0.15) is 18.0 Å². The molecule has 7 nitrogen and oxygen atoms in total. The lowest BCUT2D eigenvalue weighted by molar-refractivity contribution is -0.114. The lowest BCUT2D eigenvalue weighted by Gasteiger charge is -2.26. The molecule has 0 radical (unpaired) electrons. The molecule has 0 fully saturated rings. The molecule has 174 valence electrons. The summed E-state index contributed by atoms with van der Waals surface area (Å²) in [6.07, 6.45) is 0. The monoisotopic (exact) mass is 468 g/mol. The maximum atomic E-state index is 13.6. The highest BCUT2D eigenvalue weighted by Gasteiger charge is 2.29. The van der Waals surface area contributed by atoms with Gasteiger partial charge in [-0.15, -0.1) is 0 Å². The fourth-order valence-corrected chi connectivity index (χ4v) is 5.13. The van der Waals surface area contributed by atoms with Crippen LogP contribution in [0.15, 0.2) is 65.6 Å². The molecule has 0 spiro atoms. The molecule has 1 amide bonds. The van der Waals surface area contributed by atoms with Crippen molar-refractivity contribution in [1.82, 2.24) is 0 Å². The van der Waals surface area contributed by atoms with Crippen molar-refractivity contribution >= 4 is 27.3 Å². The Morgan fingerprint density at radius 3 is 2.09 bits per heavy atom. The Morgan fingerprint density at radius 2 is 1.52 bits per heavy atom. The SMILES string of the molecule is COc1ccc(S(=O)(=O)N(CC(=O)Nc2c(C)cc(C)cc2C)c2ccccc2OC)cc1. The predicted octanol–water partition coefficient (Wildman–Crippen LogP) is 4.46. The first-order chi connectivity index (χ1) is 15.7. The first-order valence-electron chi connectivity index (χ1n) is 10.3. The van der Waals surface area contributed by atoms with Crippen LogP contribution in [-0.4, -0.2) is 35.1 Å². The van der Waals surface area contributed by atoms with E-state index < -0.39 is 22.5 Å². The van der Waals surface area contributed by atoms with Crippen LogP contribution in [0.5, 0.6) is 11.5 Å². The average Bonchev–Trinajstić information content (AvgIpc) is 2.79. The van der Waals surface area contributed by atoms with Crippen molar-refractivity contribution in [2.75, 3.05) is 30.4 Å². The fraction of sp³-hybridized carbons (Fsp3) is 0.240. The van der Waals surface area contributed by atoms with Gasteiger partial charge in [-0.2, -0.15) is 0 Å². The summed E-state index contributed by atoms with van der Waals surface area (Å²) >= 11 is 0. The largest absolute Gasteiger partial charge is 0.497 e. The minimum Gasteiger partial charge on any atom is -0.497 e. The second-order valence-electron chi connectivity index (χ2n) is 7.68. The number of aryl methyl sites for hydroxylation is 3. The molecule has 0 aliphatic rings. The van der Waals surface area contributed by atoms with E-state index in [1.807, 2.05) is 32.9 Å². The molecule has 0 atom stereocenters. The number of carbonyl (C=O) groups is 1. The Hall–Kier alpha value is -3.52. The van der Waals surface area contributed by atoms with Gasteiger partial charge in [0, 0.05) is 5.69 Å². The predicted molar refractivity (Wildman–Crippen MR) is 130 cm³/mol. The third-order valence-corrected chi connectivity index (χ3v) is 7.00. The van der Waals surface area contributed by atoms with Crippen LogP contribution >= 0.6 is 0 Å². The molecule has 3 aromatic carbocycles. The van der Waals surface area contributed by atoms with Gasteiger partial charge >= 0.3 is 0 Å². The van der Waals surface area contributed by atoms with Gasteiger partial charge in [-0.1, -0.05) is 29.8 Å². The van der Waals surface area contributed by atoms with E-state index in [-0.39, 0.29) is 10.6 Å². The van der Waals surface area contributed by atoms with Gasteiger partial charge in [-0.05, 0) is 68.3 Å². The first-order valence-corrected chi connectivity index (χ1v) is 11.8. The number of amides is 1. The summed E-state index contributed by atoms with van der Waals surface area (Å²) in [5.41, 5.74) is 3.84. The molecule has 0 saturated heterocycles. The quantitative estimate of drug-likeness (QED) is 0.528. The van der Waals surface area contributed by atoms with Crippen LogP contribution in [0.4, 0.5) is 11.4 Å². The molecule has 33 heavy (non-hydrogen) atoms. The van der Waals surface area contributed by atoms with Crippen LogP contribution in [0.2, 0.25) is 0 Å². The molecular formula is C25H28N2O5S. The normalized spacial score (nSPS) is 11.1. The van der Waals surface area contributed by atoms with Crippen LogP contribution in [0.3, 0.4) is 0 Å². The van der Waals surface area contributed by atoms with E-state index in [2.05, 4.69) is 5.32 Å². The van der Waals surface area contributed by atoms with Crippen LogP contribution in [0, 0.1) is 20.8 Å². The maximum Gasteiger partial charge on any atom is 0.264 e. The number of rotatable bonds is 8. The van der Waals surface area contributed by atoms with Crippen molar-refractivity contribution in [3.8, 4) is 11.5 Å². The van der Waals surface area contributed by atoms with Gasteiger partial charge in [0.15, 0.2) is 0 Å². The smallest absolute Gasteiger partial charge is 0.264 e. The van der Waals surface area contributed by atoms with Crippen molar-refractivity contribution in [2.24, 2.45) is 0 Å². The van der Waals surface area contributed by atoms with Crippen LogP contribution in [0.25, 0.3) is 0 Å². The van der Waals surface area contributed by atoms with E-state index in [1.165, 1.54) is 26.4 Å². The molecule has 0 bridgehead atoms. The molecule has 8 heteroatoms. The van der Waals surface area contributed by atoms with E-state index in [0.29, 0.717) is 17.2 Å². The zero-order valence-electron chi connectivity index (χ0n) is 19.4. The third-order valence-electron chi connectivity index (χ3n) is 5.23.